The summed E-state index contributed by atoms with van der Waals surface area (Å²) in [7, 11) is -14.0. The Bertz CT molecular complexity index is 965. The van der Waals surface area contributed by atoms with Gasteiger partial charge in [0.05, 0.1) is 12.7 Å². The van der Waals surface area contributed by atoms with Crippen LogP contribution in [0.1, 0.15) is 38.0 Å². The van der Waals surface area contributed by atoms with Crippen LogP contribution < -0.4 is 11.4 Å². The zero-order valence-corrected chi connectivity index (χ0v) is 18.3. The molecule has 168 valence electrons. The Morgan fingerprint density at radius 2 is 2.10 bits per heavy atom. The van der Waals surface area contributed by atoms with Gasteiger partial charge in [-0.2, -0.15) is 9.29 Å². The van der Waals surface area contributed by atoms with E-state index in [4.69, 9.17) is 20.3 Å². The number of ether oxygens (including phenoxy) is 1. The molecule has 3 unspecified atom stereocenters. The van der Waals surface area contributed by atoms with E-state index in [1.807, 2.05) is 13.0 Å². The van der Waals surface area contributed by atoms with Crippen LogP contribution >= 0.6 is 23.9 Å². The Labute approximate surface area is 171 Å². The van der Waals surface area contributed by atoms with Crippen molar-refractivity contribution in [3.05, 3.63) is 28.3 Å². The molecule has 1 aromatic heterocycles. The standard InChI is InChI=1S/C13H20N3O11P3/c1-2-3-4-9-7-16(13(17)15-12(9)14)11-6-5-10(25-11)8-24-29(20,21)27-30(22,23)26-28(18)19/h3-4,7,10-11H,2,5-6,8H2,1H3,(H4-,14,15,17,18,19,20,21,22,23)/p+1/b4-3+/t10-,11+/m0/s1. The van der Waals surface area contributed by atoms with Gasteiger partial charge in [0.2, 0.25) is 0 Å². The van der Waals surface area contributed by atoms with Gasteiger partial charge in [0.15, 0.2) is 0 Å². The van der Waals surface area contributed by atoms with E-state index in [0.717, 1.165) is 6.42 Å². The monoisotopic (exact) mass is 488 g/mol. The highest BCUT2D eigenvalue weighted by Crippen LogP contribution is 2.63. The highest BCUT2D eigenvalue weighted by Gasteiger charge is 2.43. The second-order valence-corrected chi connectivity index (χ2v) is 9.92. The fourth-order valence-electron chi connectivity index (χ4n) is 2.52. The van der Waals surface area contributed by atoms with Crippen LogP contribution in [0.15, 0.2) is 17.1 Å². The van der Waals surface area contributed by atoms with Gasteiger partial charge in [0.1, 0.15) is 12.0 Å². The summed E-state index contributed by atoms with van der Waals surface area (Å²) in [5.41, 5.74) is 5.62. The molecule has 14 nitrogen and oxygen atoms in total. The molecule has 1 fully saturated rings. The maximum atomic E-state index is 12.1. The van der Waals surface area contributed by atoms with Gasteiger partial charge in [-0.25, -0.2) is 13.9 Å². The number of phosphoric ester groups is 1. The van der Waals surface area contributed by atoms with Crippen molar-refractivity contribution in [2.75, 3.05) is 12.3 Å². The van der Waals surface area contributed by atoms with E-state index in [9.17, 15) is 23.4 Å². The normalized spacial score (nSPS) is 23.9. The molecule has 2 rings (SSSR count). The number of aromatic nitrogens is 2. The van der Waals surface area contributed by atoms with Gasteiger partial charge in [-0.1, -0.05) is 19.1 Å². The van der Waals surface area contributed by atoms with E-state index >= 15 is 0 Å². The predicted molar refractivity (Wildman–Crippen MR) is 103 cm³/mol. The lowest BCUT2D eigenvalue weighted by molar-refractivity contribution is -0.0242. The van der Waals surface area contributed by atoms with Crippen LogP contribution in [0.2, 0.25) is 0 Å². The molecule has 5 N–H and O–H groups in total. The summed E-state index contributed by atoms with van der Waals surface area (Å²) in [6, 6.07) is 0. The Morgan fingerprint density at radius 1 is 1.40 bits per heavy atom. The van der Waals surface area contributed by atoms with E-state index in [1.54, 1.807) is 6.08 Å². The van der Waals surface area contributed by atoms with Crippen LogP contribution in [0.3, 0.4) is 0 Å². The fraction of sp³-hybridized carbons (Fsp3) is 0.538. The molecule has 1 aliphatic heterocycles. The first kappa shape index (κ1) is 25.0. The maximum absolute atomic E-state index is 12.1. The second kappa shape index (κ2) is 10.3. The molecule has 1 aromatic rings. The average molecular weight is 488 g/mol. The van der Waals surface area contributed by atoms with E-state index in [1.165, 1.54) is 10.8 Å². The third kappa shape index (κ3) is 7.44. The van der Waals surface area contributed by atoms with Gasteiger partial charge in [-0.3, -0.25) is 14.0 Å². The van der Waals surface area contributed by atoms with Crippen LogP contribution in [0.4, 0.5) is 5.82 Å². The average Bonchev–Trinajstić information content (AvgIpc) is 3.06. The smallest absolute Gasteiger partial charge is 0.383 e. The maximum Gasteiger partial charge on any atom is 0.705 e. The van der Waals surface area contributed by atoms with Crippen molar-refractivity contribution in [1.82, 2.24) is 9.55 Å². The summed E-state index contributed by atoms with van der Waals surface area (Å²) in [6.07, 6.45) is 4.95. The van der Waals surface area contributed by atoms with Gasteiger partial charge < -0.3 is 15.4 Å². The number of anilines is 1. The molecular weight excluding hydrogens is 467 g/mol. The first-order chi connectivity index (χ1) is 13.9. The largest absolute Gasteiger partial charge is 0.705 e. The van der Waals surface area contributed by atoms with Gasteiger partial charge in [-0.15, -0.1) is 4.89 Å². The fourth-order valence-corrected chi connectivity index (χ4v) is 5.20. The molecule has 30 heavy (non-hydrogen) atoms. The highest BCUT2D eigenvalue weighted by molar-refractivity contribution is 7.64. The molecule has 1 aliphatic rings. The number of nitrogen functional groups attached to an aromatic ring is 1. The van der Waals surface area contributed by atoms with E-state index in [2.05, 4.69) is 18.1 Å². The van der Waals surface area contributed by atoms with Crippen LogP contribution in [-0.2, 0) is 31.6 Å². The number of nitrogens with two attached hydrogens (primary N) is 1. The lowest BCUT2D eigenvalue weighted by atomic mass is 10.2. The van der Waals surface area contributed by atoms with Gasteiger partial charge in [0, 0.05) is 16.3 Å². The summed E-state index contributed by atoms with van der Waals surface area (Å²) >= 11 is 0. The Hall–Kier alpha value is -1.30. The minimum atomic E-state index is -5.30. The molecule has 0 bridgehead atoms. The summed E-state index contributed by atoms with van der Waals surface area (Å²) < 4.78 is 52.4. The molecule has 0 spiro atoms. The summed E-state index contributed by atoms with van der Waals surface area (Å²) in [4.78, 5) is 42.9. The van der Waals surface area contributed by atoms with Crippen molar-refractivity contribution in [3.8, 4) is 0 Å². The number of hydrogen-bond acceptors (Lipinski definition) is 10. The Balaban J connectivity index is 2.00. The quantitative estimate of drug-likeness (QED) is 0.347. The van der Waals surface area contributed by atoms with Crippen molar-refractivity contribution < 1.29 is 46.3 Å². The lowest BCUT2D eigenvalue weighted by Gasteiger charge is -2.18. The Morgan fingerprint density at radius 3 is 2.73 bits per heavy atom. The van der Waals surface area contributed by atoms with Crippen molar-refractivity contribution in [2.45, 2.75) is 38.5 Å². The number of rotatable bonds is 10. The second-order valence-electron chi connectivity index (χ2n) is 6.01. The first-order valence-corrected chi connectivity index (χ1v) is 12.6. The zero-order valence-electron chi connectivity index (χ0n) is 15.6. The molecule has 0 aromatic carbocycles. The first-order valence-electron chi connectivity index (χ1n) is 8.50. The number of hydrogen-bond donors (Lipinski definition) is 4. The molecular formula is C13H21N3O11P3+. The van der Waals surface area contributed by atoms with E-state index < -0.39 is 48.5 Å². The molecule has 17 heteroatoms. The summed E-state index contributed by atoms with van der Waals surface area (Å²) in [6.45, 7) is 1.39. The molecule has 0 aliphatic carbocycles. The van der Waals surface area contributed by atoms with E-state index in [0.29, 0.717) is 18.4 Å². The molecule has 1 saturated heterocycles. The third-order valence-electron chi connectivity index (χ3n) is 3.74. The summed E-state index contributed by atoms with van der Waals surface area (Å²) in [5.74, 6) is 0.0671. The molecule has 0 saturated carbocycles. The minimum Gasteiger partial charge on any atom is -0.383 e. The van der Waals surface area contributed by atoms with Gasteiger partial charge >= 0.3 is 29.6 Å². The molecule has 2 heterocycles. The van der Waals surface area contributed by atoms with Crippen molar-refractivity contribution >= 4 is 35.8 Å². The molecule has 0 amide bonds. The minimum absolute atomic E-state index is 0.0671. The van der Waals surface area contributed by atoms with Gasteiger partial charge in [-0.05, 0) is 23.6 Å². The predicted octanol–water partition coefficient (Wildman–Crippen LogP) is 1.83. The summed E-state index contributed by atoms with van der Waals surface area (Å²) in [5, 5.41) is 0. The highest BCUT2D eigenvalue weighted by atomic mass is 31.3. The van der Waals surface area contributed by atoms with Crippen LogP contribution in [0.5, 0.6) is 0 Å². The van der Waals surface area contributed by atoms with Crippen LogP contribution in [0.25, 0.3) is 6.08 Å². The van der Waals surface area contributed by atoms with Crippen molar-refractivity contribution in [2.24, 2.45) is 0 Å². The van der Waals surface area contributed by atoms with Crippen molar-refractivity contribution in [1.29, 1.82) is 0 Å². The lowest BCUT2D eigenvalue weighted by Crippen LogP contribution is -2.28. The van der Waals surface area contributed by atoms with Gasteiger partial charge in [0.25, 0.3) is 0 Å². The van der Waals surface area contributed by atoms with E-state index in [-0.39, 0.29) is 5.82 Å². The number of phosphoric acid groups is 2. The molecule has 0 radical (unpaired) electrons. The topological polar surface area (TPSA) is 210 Å². The van der Waals surface area contributed by atoms with Crippen LogP contribution in [-0.4, -0.2) is 36.9 Å². The third-order valence-corrected chi connectivity index (χ3v) is 7.25. The zero-order chi connectivity index (χ0) is 22.5. The Kier molecular flexibility index (Phi) is 8.60. The number of allylic oxidation sites excluding steroid dienone is 1. The SMILES string of the molecule is CC/C=C/c1cn([C@H]2CC[C@@H](COP(=O)(O)OP(=O)(O)O[P+](=O)O)O2)c(=O)nc1N. The van der Waals surface area contributed by atoms with Crippen LogP contribution in [0, 0.1) is 0 Å². The molecule has 5 atom stereocenters. The van der Waals surface area contributed by atoms with Crippen molar-refractivity contribution in [3.63, 3.8) is 0 Å². The number of nitrogens with zero attached hydrogens (tertiary/aromatic N) is 2.